The third-order valence-electron chi connectivity index (χ3n) is 5.39. The fourth-order valence-corrected chi connectivity index (χ4v) is 3.78. The van der Waals surface area contributed by atoms with Gasteiger partial charge in [0, 0.05) is 4.92 Å². The first kappa shape index (κ1) is 22.4. The Morgan fingerprint density at radius 1 is 1.14 bits per heavy atom. The molecule has 0 amide bonds. The summed E-state index contributed by atoms with van der Waals surface area (Å²) in [6.45, 7) is 0.784. The Labute approximate surface area is 169 Å². The highest BCUT2D eigenvalue weighted by atomic mass is 16.6. The number of esters is 2. The van der Waals surface area contributed by atoms with Crippen molar-refractivity contribution in [3.05, 3.63) is 33.9 Å². The van der Waals surface area contributed by atoms with Gasteiger partial charge in [-0.3, -0.25) is 19.7 Å². The van der Waals surface area contributed by atoms with E-state index in [1.54, 1.807) is 18.2 Å². The molecule has 1 aromatic carbocycles. The average Bonchev–Trinajstić information content (AvgIpc) is 3.20. The highest BCUT2D eigenvalue weighted by Crippen LogP contribution is 2.40. The van der Waals surface area contributed by atoms with Crippen LogP contribution in [0.15, 0.2) is 18.2 Å². The van der Waals surface area contributed by atoms with Gasteiger partial charge in [0.05, 0.1) is 32.8 Å². The van der Waals surface area contributed by atoms with Crippen LogP contribution in [0, 0.1) is 16.0 Å². The SMILES string of the molecule is COC(=O)C(C(=O)OC)C(C)(C[N+](=O)[O-])c1ccc(OC)c(OC2CCCC2)c1. The summed E-state index contributed by atoms with van der Waals surface area (Å²) in [6.07, 6.45) is 3.98. The van der Waals surface area contributed by atoms with Gasteiger partial charge in [0.25, 0.3) is 0 Å². The van der Waals surface area contributed by atoms with Crippen molar-refractivity contribution in [1.82, 2.24) is 0 Å². The predicted octanol–water partition coefficient (Wildman–Crippen LogP) is 2.51. The van der Waals surface area contributed by atoms with Crippen LogP contribution in [-0.2, 0) is 24.5 Å². The van der Waals surface area contributed by atoms with Crippen molar-refractivity contribution in [2.45, 2.75) is 44.1 Å². The van der Waals surface area contributed by atoms with Crippen LogP contribution in [0.5, 0.6) is 11.5 Å². The molecule has 0 spiro atoms. The molecule has 1 aromatic rings. The Bertz CT molecular complexity index is 743. The van der Waals surface area contributed by atoms with Crippen LogP contribution in [0.2, 0.25) is 0 Å². The van der Waals surface area contributed by atoms with Crippen molar-refractivity contribution < 1.29 is 33.5 Å². The molecule has 9 heteroatoms. The van der Waals surface area contributed by atoms with Crippen LogP contribution in [-0.4, -0.2) is 50.8 Å². The zero-order chi connectivity index (χ0) is 21.6. The molecule has 1 saturated carbocycles. The minimum absolute atomic E-state index is 0.0259. The molecule has 1 unspecified atom stereocenters. The summed E-state index contributed by atoms with van der Waals surface area (Å²) < 4.78 is 20.9. The summed E-state index contributed by atoms with van der Waals surface area (Å²) >= 11 is 0. The molecule has 0 heterocycles. The first-order valence-corrected chi connectivity index (χ1v) is 9.39. The van der Waals surface area contributed by atoms with Gasteiger partial charge in [-0.15, -0.1) is 0 Å². The largest absolute Gasteiger partial charge is 0.493 e. The second kappa shape index (κ2) is 9.58. The number of rotatable bonds is 9. The number of methoxy groups -OCH3 is 3. The van der Waals surface area contributed by atoms with E-state index in [-0.39, 0.29) is 6.10 Å². The lowest BCUT2D eigenvalue weighted by Crippen LogP contribution is -2.48. The Morgan fingerprint density at radius 2 is 1.72 bits per heavy atom. The third kappa shape index (κ3) is 4.96. The van der Waals surface area contributed by atoms with Gasteiger partial charge in [-0.05, 0) is 50.3 Å². The van der Waals surface area contributed by atoms with E-state index in [0.29, 0.717) is 17.1 Å². The number of hydrogen-bond acceptors (Lipinski definition) is 8. The van der Waals surface area contributed by atoms with Gasteiger partial charge in [-0.1, -0.05) is 6.07 Å². The summed E-state index contributed by atoms with van der Waals surface area (Å²) in [5.74, 6) is -2.45. The average molecular weight is 409 g/mol. The first-order chi connectivity index (χ1) is 13.8. The fourth-order valence-electron chi connectivity index (χ4n) is 3.78. The van der Waals surface area contributed by atoms with Crippen molar-refractivity contribution >= 4 is 11.9 Å². The molecule has 160 valence electrons. The van der Waals surface area contributed by atoms with Gasteiger partial charge in [-0.2, -0.15) is 0 Å². The number of ether oxygens (including phenoxy) is 4. The molecule has 0 N–H and O–H groups in total. The van der Waals surface area contributed by atoms with E-state index in [1.165, 1.54) is 14.0 Å². The van der Waals surface area contributed by atoms with Gasteiger partial charge in [-0.25, -0.2) is 0 Å². The fraction of sp³-hybridized carbons (Fsp3) is 0.600. The maximum Gasteiger partial charge on any atom is 0.321 e. The Kier molecular flexibility index (Phi) is 7.41. The van der Waals surface area contributed by atoms with E-state index in [9.17, 15) is 19.7 Å². The molecule has 1 aliphatic rings. The molecular weight excluding hydrogens is 382 g/mol. The van der Waals surface area contributed by atoms with E-state index >= 15 is 0 Å². The Morgan fingerprint density at radius 3 is 2.21 bits per heavy atom. The van der Waals surface area contributed by atoms with Gasteiger partial charge >= 0.3 is 11.9 Å². The van der Waals surface area contributed by atoms with Gasteiger partial charge in [0.1, 0.15) is 0 Å². The van der Waals surface area contributed by atoms with E-state index < -0.39 is 34.7 Å². The van der Waals surface area contributed by atoms with Crippen LogP contribution >= 0.6 is 0 Å². The smallest absolute Gasteiger partial charge is 0.321 e. The molecule has 1 atom stereocenters. The Balaban J connectivity index is 2.56. The van der Waals surface area contributed by atoms with Crippen LogP contribution in [0.1, 0.15) is 38.2 Å². The number of carbonyl (C=O) groups is 2. The monoisotopic (exact) mass is 409 g/mol. The van der Waals surface area contributed by atoms with Crippen molar-refractivity contribution in [3.63, 3.8) is 0 Å². The molecule has 29 heavy (non-hydrogen) atoms. The van der Waals surface area contributed by atoms with Gasteiger partial charge in [0.2, 0.25) is 6.54 Å². The molecule has 0 aromatic heterocycles. The third-order valence-corrected chi connectivity index (χ3v) is 5.39. The van der Waals surface area contributed by atoms with E-state index in [0.717, 1.165) is 39.9 Å². The zero-order valence-corrected chi connectivity index (χ0v) is 17.1. The maximum absolute atomic E-state index is 12.4. The summed E-state index contributed by atoms with van der Waals surface area (Å²) in [6, 6.07) is 4.80. The summed E-state index contributed by atoms with van der Waals surface area (Å²) in [4.78, 5) is 35.7. The highest BCUT2D eigenvalue weighted by Gasteiger charge is 2.51. The van der Waals surface area contributed by atoms with Crippen LogP contribution in [0.25, 0.3) is 0 Å². The molecule has 0 aliphatic heterocycles. The Hall–Kier alpha value is -2.84. The number of carbonyl (C=O) groups excluding carboxylic acids is 2. The lowest BCUT2D eigenvalue weighted by molar-refractivity contribution is -0.491. The lowest BCUT2D eigenvalue weighted by Gasteiger charge is -2.32. The van der Waals surface area contributed by atoms with E-state index in [1.807, 2.05) is 0 Å². The molecule has 0 saturated heterocycles. The minimum Gasteiger partial charge on any atom is -0.493 e. The van der Waals surface area contributed by atoms with Crippen molar-refractivity contribution in [2.24, 2.45) is 5.92 Å². The quantitative estimate of drug-likeness (QED) is 0.264. The predicted molar refractivity (Wildman–Crippen MR) is 103 cm³/mol. The molecular formula is C20H27NO8. The van der Waals surface area contributed by atoms with Crippen molar-refractivity contribution in [2.75, 3.05) is 27.9 Å². The van der Waals surface area contributed by atoms with Crippen LogP contribution < -0.4 is 9.47 Å². The van der Waals surface area contributed by atoms with Crippen molar-refractivity contribution in [3.8, 4) is 11.5 Å². The second-order valence-corrected chi connectivity index (χ2v) is 7.28. The zero-order valence-electron chi connectivity index (χ0n) is 17.1. The van der Waals surface area contributed by atoms with Crippen LogP contribution in [0.4, 0.5) is 0 Å². The van der Waals surface area contributed by atoms with Gasteiger partial charge < -0.3 is 18.9 Å². The normalized spacial score (nSPS) is 16.2. The van der Waals surface area contributed by atoms with E-state index in [4.69, 9.17) is 18.9 Å². The first-order valence-electron chi connectivity index (χ1n) is 9.39. The maximum atomic E-state index is 12.4. The summed E-state index contributed by atoms with van der Waals surface area (Å²) in [7, 11) is 3.74. The molecule has 1 aliphatic carbocycles. The van der Waals surface area contributed by atoms with Crippen molar-refractivity contribution in [1.29, 1.82) is 0 Å². The summed E-state index contributed by atoms with van der Waals surface area (Å²) in [5, 5.41) is 11.4. The summed E-state index contributed by atoms with van der Waals surface area (Å²) in [5.41, 5.74) is -1.15. The molecule has 0 bridgehead atoms. The number of nitrogens with zero attached hydrogens (tertiary/aromatic N) is 1. The van der Waals surface area contributed by atoms with E-state index in [2.05, 4.69) is 0 Å². The number of benzene rings is 1. The highest BCUT2D eigenvalue weighted by molar-refractivity contribution is 5.96. The molecule has 0 radical (unpaired) electrons. The molecule has 2 rings (SSSR count). The second-order valence-electron chi connectivity index (χ2n) is 7.28. The number of nitro groups is 1. The van der Waals surface area contributed by atoms with Crippen LogP contribution in [0.3, 0.4) is 0 Å². The topological polar surface area (TPSA) is 114 Å². The number of hydrogen-bond donors (Lipinski definition) is 0. The molecule has 9 nitrogen and oxygen atoms in total. The molecule has 1 fully saturated rings. The standard InChI is InChI=1S/C20H27NO8/c1-20(12-21(24)25,17(18(22)27-3)19(23)28-4)13-9-10-15(26-2)16(11-13)29-14-7-5-6-8-14/h9-11,14,17H,5-8,12H2,1-4H3. The minimum atomic E-state index is -1.52. The van der Waals surface area contributed by atoms with Gasteiger partial charge in [0.15, 0.2) is 17.4 Å². The lowest BCUT2D eigenvalue weighted by atomic mass is 9.71.